The van der Waals surface area contributed by atoms with Gasteiger partial charge in [-0.25, -0.2) is 0 Å². The first-order valence-electron chi connectivity index (χ1n) is 5.87. The molecule has 1 aromatic rings. The van der Waals surface area contributed by atoms with E-state index in [9.17, 15) is 9.59 Å². The van der Waals surface area contributed by atoms with Gasteiger partial charge in [-0.15, -0.1) is 0 Å². The topological polar surface area (TPSA) is 81.4 Å². The van der Waals surface area contributed by atoms with E-state index in [1.165, 1.54) is 0 Å². The first-order valence-corrected chi connectivity index (χ1v) is 5.87. The highest BCUT2D eigenvalue weighted by molar-refractivity contribution is 6.08. The Morgan fingerprint density at radius 2 is 2.06 bits per heavy atom. The van der Waals surface area contributed by atoms with Gasteiger partial charge in [-0.3, -0.25) is 14.9 Å². The highest BCUT2D eigenvalue weighted by Crippen LogP contribution is 2.31. The lowest BCUT2D eigenvalue weighted by molar-refractivity contribution is -0.161. The monoisotopic (exact) mass is 248 g/mol. The molecule has 0 aliphatic carbocycles. The van der Waals surface area contributed by atoms with Gasteiger partial charge in [0, 0.05) is 5.69 Å². The van der Waals surface area contributed by atoms with Crippen molar-refractivity contribution < 1.29 is 14.3 Å². The lowest BCUT2D eigenvalue weighted by Crippen LogP contribution is -2.54. The molecule has 2 amide bonds. The van der Waals surface area contributed by atoms with E-state index in [4.69, 9.17) is 10.5 Å². The summed E-state index contributed by atoms with van der Waals surface area (Å²) in [4.78, 5) is 23.9. The van der Waals surface area contributed by atoms with Crippen molar-refractivity contribution in [2.45, 2.75) is 13.3 Å². The normalized spacial score (nSPS) is 16.7. The summed E-state index contributed by atoms with van der Waals surface area (Å²) in [7, 11) is 0. The van der Waals surface area contributed by atoms with E-state index < -0.39 is 11.3 Å². The number of carbonyl (C=O) groups is 2. The van der Waals surface area contributed by atoms with Crippen molar-refractivity contribution in [3.63, 3.8) is 0 Å². The number of carbonyl (C=O) groups excluding carboxylic acids is 2. The lowest BCUT2D eigenvalue weighted by atomic mass is 9.82. The van der Waals surface area contributed by atoms with Gasteiger partial charge in [0.1, 0.15) is 0 Å². The van der Waals surface area contributed by atoms with Crippen molar-refractivity contribution in [2.75, 3.05) is 18.9 Å². The summed E-state index contributed by atoms with van der Waals surface area (Å²) in [6.07, 6.45) is 0.649. The van der Waals surface area contributed by atoms with Crippen LogP contribution in [0.4, 0.5) is 5.69 Å². The van der Waals surface area contributed by atoms with Gasteiger partial charge in [0.15, 0.2) is 0 Å². The second-order valence-corrected chi connectivity index (χ2v) is 4.50. The van der Waals surface area contributed by atoms with Crippen LogP contribution in [0.5, 0.6) is 0 Å². The molecule has 0 saturated carbocycles. The molecule has 0 atom stereocenters. The SMILES string of the molecule is CCC1(C(=O)NC(=O)c2ccccc2N)COC1. The summed E-state index contributed by atoms with van der Waals surface area (Å²) >= 11 is 0. The number of nitrogen functional groups attached to an aromatic ring is 1. The third kappa shape index (κ3) is 2.09. The maximum atomic E-state index is 12.0. The van der Waals surface area contributed by atoms with Crippen LogP contribution in [0.3, 0.4) is 0 Å². The van der Waals surface area contributed by atoms with E-state index in [0.717, 1.165) is 0 Å². The fourth-order valence-electron chi connectivity index (χ4n) is 1.85. The molecule has 5 heteroatoms. The van der Waals surface area contributed by atoms with E-state index in [0.29, 0.717) is 30.9 Å². The predicted octanol–water partition coefficient (Wildman–Crippen LogP) is 0.952. The number of nitrogens with two attached hydrogens (primary N) is 1. The number of nitrogens with one attached hydrogen (secondary N) is 1. The summed E-state index contributed by atoms with van der Waals surface area (Å²) in [5.74, 6) is -0.748. The number of rotatable bonds is 3. The van der Waals surface area contributed by atoms with Gasteiger partial charge in [0.05, 0.1) is 24.2 Å². The van der Waals surface area contributed by atoms with Crippen molar-refractivity contribution in [1.82, 2.24) is 5.32 Å². The minimum atomic E-state index is -0.556. The molecule has 0 aromatic heterocycles. The van der Waals surface area contributed by atoms with Gasteiger partial charge in [-0.1, -0.05) is 19.1 Å². The van der Waals surface area contributed by atoms with Crippen molar-refractivity contribution in [2.24, 2.45) is 5.41 Å². The number of imide groups is 1. The first-order chi connectivity index (χ1) is 8.59. The van der Waals surface area contributed by atoms with Crippen molar-refractivity contribution in [3.05, 3.63) is 29.8 Å². The smallest absolute Gasteiger partial charge is 0.259 e. The average Bonchev–Trinajstić information content (AvgIpc) is 2.28. The van der Waals surface area contributed by atoms with Crippen molar-refractivity contribution >= 4 is 17.5 Å². The maximum absolute atomic E-state index is 12.0. The number of para-hydroxylation sites is 1. The summed E-state index contributed by atoms with van der Waals surface area (Å²) in [6, 6.07) is 6.66. The predicted molar refractivity (Wildman–Crippen MR) is 66.9 cm³/mol. The van der Waals surface area contributed by atoms with E-state index in [2.05, 4.69) is 5.32 Å². The zero-order chi connectivity index (χ0) is 13.2. The van der Waals surface area contributed by atoms with E-state index >= 15 is 0 Å². The Morgan fingerprint density at radius 1 is 1.39 bits per heavy atom. The fourth-order valence-corrected chi connectivity index (χ4v) is 1.85. The Morgan fingerprint density at radius 3 is 2.56 bits per heavy atom. The highest BCUT2D eigenvalue weighted by Gasteiger charge is 2.44. The Labute approximate surface area is 105 Å². The molecule has 0 spiro atoms. The number of anilines is 1. The van der Waals surface area contributed by atoms with Crippen molar-refractivity contribution in [1.29, 1.82) is 0 Å². The third-order valence-electron chi connectivity index (χ3n) is 3.35. The third-order valence-corrected chi connectivity index (χ3v) is 3.35. The van der Waals surface area contributed by atoms with Gasteiger partial charge < -0.3 is 10.5 Å². The van der Waals surface area contributed by atoms with Gasteiger partial charge in [-0.2, -0.15) is 0 Å². The van der Waals surface area contributed by atoms with Crippen LogP contribution in [0.2, 0.25) is 0 Å². The van der Waals surface area contributed by atoms with Crippen LogP contribution in [-0.2, 0) is 9.53 Å². The molecule has 0 bridgehead atoms. The molecule has 96 valence electrons. The quantitative estimate of drug-likeness (QED) is 0.616. The van der Waals surface area contributed by atoms with Gasteiger partial charge >= 0.3 is 0 Å². The van der Waals surface area contributed by atoms with Gasteiger partial charge in [0.2, 0.25) is 5.91 Å². The van der Waals surface area contributed by atoms with Crippen LogP contribution in [0, 0.1) is 5.41 Å². The number of ether oxygens (including phenoxy) is 1. The zero-order valence-corrected chi connectivity index (χ0v) is 10.2. The van der Waals surface area contributed by atoms with Gasteiger partial charge in [0.25, 0.3) is 5.91 Å². The summed E-state index contributed by atoms with van der Waals surface area (Å²) in [5.41, 5.74) is 5.81. The minimum Gasteiger partial charge on any atom is -0.398 e. The number of benzene rings is 1. The number of amides is 2. The molecule has 2 rings (SSSR count). The Bertz CT molecular complexity index is 475. The average molecular weight is 248 g/mol. The molecule has 5 nitrogen and oxygen atoms in total. The zero-order valence-electron chi connectivity index (χ0n) is 10.2. The molecule has 1 saturated heterocycles. The van der Waals surface area contributed by atoms with E-state index in [-0.39, 0.29) is 5.91 Å². The summed E-state index contributed by atoms with van der Waals surface area (Å²) in [6.45, 7) is 2.64. The Balaban J connectivity index is 2.08. The van der Waals surface area contributed by atoms with E-state index in [1.54, 1.807) is 24.3 Å². The van der Waals surface area contributed by atoms with Crippen LogP contribution in [-0.4, -0.2) is 25.0 Å². The van der Waals surface area contributed by atoms with Crippen LogP contribution >= 0.6 is 0 Å². The second-order valence-electron chi connectivity index (χ2n) is 4.50. The molecule has 1 aromatic carbocycles. The summed E-state index contributed by atoms with van der Waals surface area (Å²) < 4.78 is 5.06. The van der Waals surface area contributed by atoms with E-state index in [1.807, 2.05) is 6.92 Å². The van der Waals surface area contributed by atoms with Crippen molar-refractivity contribution in [3.8, 4) is 0 Å². The molecule has 1 heterocycles. The molecule has 0 radical (unpaired) electrons. The molecule has 3 N–H and O–H groups in total. The second kappa shape index (κ2) is 4.78. The number of hydrogen-bond donors (Lipinski definition) is 2. The maximum Gasteiger partial charge on any atom is 0.259 e. The Kier molecular flexibility index (Phi) is 3.34. The van der Waals surface area contributed by atoms with Crippen LogP contribution < -0.4 is 11.1 Å². The largest absolute Gasteiger partial charge is 0.398 e. The standard InChI is InChI=1S/C13H16N2O3/c1-2-13(7-18-8-13)12(17)15-11(16)9-5-3-4-6-10(9)14/h3-6H,2,7-8,14H2,1H3,(H,15,16,17). The van der Waals surface area contributed by atoms with Crippen LogP contribution in [0.1, 0.15) is 23.7 Å². The molecular formula is C13H16N2O3. The molecule has 1 aliphatic heterocycles. The van der Waals surface area contributed by atoms with Crippen LogP contribution in [0.15, 0.2) is 24.3 Å². The molecule has 1 aliphatic rings. The molecular weight excluding hydrogens is 232 g/mol. The Hall–Kier alpha value is -1.88. The highest BCUT2D eigenvalue weighted by atomic mass is 16.5. The number of hydrogen-bond acceptors (Lipinski definition) is 4. The fraction of sp³-hybridized carbons (Fsp3) is 0.385. The summed E-state index contributed by atoms with van der Waals surface area (Å²) in [5, 5.41) is 2.39. The van der Waals surface area contributed by atoms with Gasteiger partial charge in [-0.05, 0) is 18.6 Å². The first kappa shape index (κ1) is 12.6. The van der Waals surface area contributed by atoms with Crippen LogP contribution in [0.25, 0.3) is 0 Å². The molecule has 18 heavy (non-hydrogen) atoms. The minimum absolute atomic E-state index is 0.287. The molecule has 0 unspecified atom stereocenters. The lowest BCUT2D eigenvalue weighted by Gasteiger charge is -2.38. The molecule has 1 fully saturated rings.